The van der Waals surface area contributed by atoms with Crippen LogP contribution >= 0.6 is 0 Å². The molecule has 13 nitrogen and oxygen atoms in total. The Balaban J connectivity index is 1.69. The third kappa shape index (κ3) is 4.32. The predicted molar refractivity (Wildman–Crippen MR) is 83.2 cm³/mol. The Morgan fingerprint density at radius 2 is 1.39 bits per heavy atom. The molecule has 0 aromatic rings. The summed E-state index contributed by atoms with van der Waals surface area (Å²) in [6.07, 6.45) is -17.2. The van der Waals surface area contributed by atoms with Gasteiger partial charge in [0.15, 0.2) is 18.9 Å². The van der Waals surface area contributed by atoms with Crippen LogP contribution in [0.3, 0.4) is 0 Å². The summed E-state index contributed by atoms with van der Waals surface area (Å²) in [5.41, 5.74) is 0. The van der Waals surface area contributed by atoms with E-state index in [4.69, 9.17) is 28.8 Å². The average molecular weight is 414 g/mol. The normalized spacial score (nSPS) is 52.7. The lowest BCUT2D eigenvalue weighted by Gasteiger charge is -2.42. The van der Waals surface area contributed by atoms with Gasteiger partial charge in [-0.25, -0.2) is 0 Å². The Labute approximate surface area is 159 Å². The smallest absolute Gasteiger partial charge is 0.187 e. The molecule has 3 aliphatic heterocycles. The Morgan fingerprint density at radius 3 is 2.04 bits per heavy atom. The summed E-state index contributed by atoms with van der Waals surface area (Å²) in [5, 5.41) is 78.1. The van der Waals surface area contributed by atoms with Gasteiger partial charge < -0.3 is 64.5 Å². The molecular weight excluding hydrogens is 388 g/mol. The Kier molecular flexibility index (Phi) is 7.20. The van der Waals surface area contributed by atoms with E-state index in [1.54, 1.807) is 0 Å². The minimum atomic E-state index is -1.66. The van der Waals surface area contributed by atoms with Gasteiger partial charge in [0, 0.05) is 0 Å². The third-order valence-electron chi connectivity index (χ3n) is 4.98. The second-order valence-electron chi connectivity index (χ2n) is 6.95. The summed E-state index contributed by atoms with van der Waals surface area (Å²) >= 11 is 0. The Morgan fingerprint density at radius 1 is 0.714 bits per heavy atom. The molecule has 12 atom stereocenters. The van der Waals surface area contributed by atoms with Gasteiger partial charge in [0.25, 0.3) is 0 Å². The van der Waals surface area contributed by atoms with Crippen molar-refractivity contribution in [2.45, 2.75) is 73.8 Å². The number of aliphatic hydroxyl groups excluding tert-OH is 8. The highest BCUT2D eigenvalue weighted by Gasteiger charge is 2.50. The number of ether oxygens (including phenoxy) is 5. The molecule has 0 aliphatic carbocycles. The molecule has 0 bridgehead atoms. The molecule has 3 heterocycles. The van der Waals surface area contributed by atoms with Gasteiger partial charge in [0.2, 0.25) is 0 Å². The lowest BCUT2D eigenvalue weighted by Crippen LogP contribution is -2.60. The van der Waals surface area contributed by atoms with Gasteiger partial charge >= 0.3 is 0 Å². The zero-order valence-corrected chi connectivity index (χ0v) is 14.7. The number of hydrogen-bond donors (Lipinski definition) is 8. The van der Waals surface area contributed by atoms with Gasteiger partial charge in [0.05, 0.1) is 19.8 Å². The number of hydrogen-bond acceptors (Lipinski definition) is 13. The molecular formula is C15H26O13. The fraction of sp³-hybridized carbons (Fsp3) is 1.00. The maximum atomic E-state index is 10.2. The topological polar surface area (TPSA) is 208 Å². The SMILES string of the molecule is OC[C@@H]1O[C@@H](O[C@@H]2[C@H](O)C(O)OC[C@H]2O[C@@H]2OC[C@@H](O)[C@H](O)[C@H]2O)[C@H](O)[C@H]1O. The highest BCUT2D eigenvalue weighted by Crippen LogP contribution is 2.29. The van der Waals surface area contributed by atoms with Crippen LogP contribution in [0.2, 0.25) is 0 Å². The van der Waals surface area contributed by atoms with Crippen LogP contribution in [0.4, 0.5) is 0 Å². The van der Waals surface area contributed by atoms with Crippen LogP contribution in [0.25, 0.3) is 0 Å². The third-order valence-corrected chi connectivity index (χ3v) is 4.98. The van der Waals surface area contributed by atoms with Crippen LogP contribution in [-0.4, -0.2) is 134 Å². The van der Waals surface area contributed by atoms with Gasteiger partial charge in [-0.3, -0.25) is 0 Å². The lowest BCUT2D eigenvalue weighted by atomic mass is 10.0. The first kappa shape index (κ1) is 22.2. The van der Waals surface area contributed by atoms with Crippen molar-refractivity contribution in [2.24, 2.45) is 0 Å². The predicted octanol–water partition coefficient (Wildman–Crippen LogP) is -5.66. The molecule has 1 unspecified atom stereocenters. The van der Waals surface area contributed by atoms with Crippen molar-refractivity contribution in [1.29, 1.82) is 0 Å². The van der Waals surface area contributed by atoms with E-state index in [2.05, 4.69) is 0 Å². The van der Waals surface area contributed by atoms with Gasteiger partial charge in [0.1, 0.15) is 54.9 Å². The zero-order valence-electron chi connectivity index (χ0n) is 14.7. The first-order valence-corrected chi connectivity index (χ1v) is 8.81. The monoisotopic (exact) mass is 414 g/mol. The highest BCUT2D eigenvalue weighted by molar-refractivity contribution is 4.92. The van der Waals surface area contributed by atoms with Gasteiger partial charge in [-0.1, -0.05) is 0 Å². The van der Waals surface area contributed by atoms with Crippen LogP contribution in [0.1, 0.15) is 0 Å². The zero-order chi connectivity index (χ0) is 20.6. The van der Waals surface area contributed by atoms with Crippen LogP contribution in [0.15, 0.2) is 0 Å². The second-order valence-corrected chi connectivity index (χ2v) is 6.95. The minimum absolute atomic E-state index is 0.317. The Bertz CT molecular complexity index is 508. The number of rotatable bonds is 5. The van der Waals surface area contributed by atoms with Crippen LogP contribution in [-0.2, 0) is 23.7 Å². The first-order valence-electron chi connectivity index (χ1n) is 8.81. The molecule has 28 heavy (non-hydrogen) atoms. The van der Waals surface area contributed by atoms with Crippen molar-refractivity contribution in [3.05, 3.63) is 0 Å². The fourth-order valence-electron chi connectivity index (χ4n) is 3.26. The highest BCUT2D eigenvalue weighted by atomic mass is 16.8. The summed E-state index contributed by atoms with van der Waals surface area (Å²) in [6.45, 7) is -1.22. The van der Waals surface area contributed by atoms with Gasteiger partial charge in [-0.05, 0) is 0 Å². The number of aliphatic hydroxyl groups is 8. The molecule has 3 fully saturated rings. The summed E-state index contributed by atoms with van der Waals surface area (Å²) in [7, 11) is 0. The molecule has 0 spiro atoms. The minimum Gasteiger partial charge on any atom is -0.394 e. The molecule has 8 N–H and O–H groups in total. The maximum Gasteiger partial charge on any atom is 0.187 e. The summed E-state index contributed by atoms with van der Waals surface area (Å²) in [4.78, 5) is 0. The van der Waals surface area contributed by atoms with E-state index in [1.165, 1.54) is 0 Å². The quantitative estimate of drug-likeness (QED) is 0.211. The van der Waals surface area contributed by atoms with Crippen molar-refractivity contribution >= 4 is 0 Å². The maximum absolute atomic E-state index is 10.2. The lowest BCUT2D eigenvalue weighted by molar-refractivity contribution is -0.343. The molecule has 0 saturated carbocycles. The summed E-state index contributed by atoms with van der Waals surface area (Å²) < 4.78 is 26.3. The Hall–Kier alpha value is -0.520. The summed E-state index contributed by atoms with van der Waals surface area (Å²) in [5.74, 6) is 0. The van der Waals surface area contributed by atoms with Crippen LogP contribution in [0, 0.1) is 0 Å². The van der Waals surface area contributed by atoms with Crippen LogP contribution in [0.5, 0.6) is 0 Å². The van der Waals surface area contributed by atoms with Gasteiger partial charge in [-0.2, -0.15) is 0 Å². The second kappa shape index (κ2) is 9.09. The molecule has 0 amide bonds. The molecule has 164 valence electrons. The molecule has 3 saturated heterocycles. The van der Waals surface area contributed by atoms with E-state index in [-0.39, 0.29) is 13.2 Å². The fourth-order valence-corrected chi connectivity index (χ4v) is 3.26. The van der Waals surface area contributed by atoms with Crippen molar-refractivity contribution in [3.63, 3.8) is 0 Å². The van der Waals surface area contributed by atoms with Crippen molar-refractivity contribution in [1.82, 2.24) is 0 Å². The van der Waals surface area contributed by atoms with E-state index in [0.29, 0.717) is 0 Å². The van der Waals surface area contributed by atoms with Crippen molar-refractivity contribution in [2.75, 3.05) is 19.8 Å². The van der Waals surface area contributed by atoms with E-state index < -0.39 is 80.4 Å². The first-order chi connectivity index (χ1) is 13.2. The van der Waals surface area contributed by atoms with Crippen molar-refractivity contribution < 1.29 is 64.5 Å². The molecule has 3 rings (SSSR count). The summed E-state index contributed by atoms with van der Waals surface area (Å²) in [6, 6.07) is 0. The molecule has 0 aromatic carbocycles. The standard InChI is InChI=1S/C15H26O13/c16-1-5-8(19)10(21)15(26-5)28-12-6(3-24-13(23)11(12)22)27-14-9(20)7(18)4(17)2-25-14/h4-23H,1-3H2/t4-,5+,6-,7+,8+,9-,10-,11+,12+,13?,14+,15+/m1/s1. The average Bonchev–Trinajstić information content (AvgIpc) is 2.95. The van der Waals surface area contributed by atoms with E-state index in [9.17, 15) is 35.7 Å². The largest absolute Gasteiger partial charge is 0.394 e. The molecule has 0 aromatic heterocycles. The van der Waals surface area contributed by atoms with Crippen molar-refractivity contribution in [3.8, 4) is 0 Å². The van der Waals surface area contributed by atoms with E-state index >= 15 is 0 Å². The van der Waals surface area contributed by atoms with E-state index in [1.807, 2.05) is 0 Å². The van der Waals surface area contributed by atoms with Gasteiger partial charge in [-0.15, -0.1) is 0 Å². The molecule has 3 aliphatic rings. The molecule has 13 heteroatoms. The van der Waals surface area contributed by atoms with E-state index in [0.717, 1.165) is 0 Å². The molecule has 0 radical (unpaired) electrons. The van der Waals surface area contributed by atoms with Crippen LogP contribution < -0.4 is 0 Å².